The van der Waals surface area contributed by atoms with Crippen LogP contribution in [0.4, 0.5) is 0 Å². The Labute approximate surface area is 127 Å². The van der Waals surface area contributed by atoms with E-state index in [2.05, 4.69) is 32.0 Å². The topological polar surface area (TPSA) is 0 Å². The molecule has 4 aliphatic rings. The Morgan fingerprint density at radius 2 is 1.50 bits per heavy atom. The van der Waals surface area contributed by atoms with Crippen molar-refractivity contribution < 1.29 is 0 Å². The maximum atomic E-state index is 7.05. The van der Waals surface area contributed by atoms with E-state index in [0.29, 0.717) is 5.41 Å². The molecular weight excluding hydrogens is 264 g/mol. The molecule has 1 unspecified atom stereocenters. The van der Waals surface area contributed by atoms with Gasteiger partial charge < -0.3 is 0 Å². The first-order valence-electron chi connectivity index (χ1n) is 8.27. The van der Waals surface area contributed by atoms with E-state index >= 15 is 0 Å². The molecule has 1 heteroatoms. The number of rotatable bonds is 2. The highest BCUT2D eigenvalue weighted by molar-refractivity contribution is 6.21. The van der Waals surface area contributed by atoms with Crippen molar-refractivity contribution in [2.75, 3.05) is 0 Å². The Morgan fingerprint density at radius 1 is 0.950 bits per heavy atom. The predicted molar refractivity (Wildman–Crippen MR) is 85.1 cm³/mol. The fourth-order valence-electron chi connectivity index (χ4n) is 5.76. The molecule has 108 valence electrons. The van der Waals surface area contributed by atoms with Crippen LogP contribution in [0, 0.1) is 37.0 Å². The molecule has 1 atom stereocenters. The van der Waals surface area contributed by atoms with Gasteiger partial charge in [0.2, 0.25) is 0 Å². The first-order chi connectivity index (χ1) is 9.56. The Morgan fingerprint density at radius 3 is 2.00 bits per heavy atom. The summed E-state index contributed by atoms with van der Waals surface area (Å²) in [6, 6.07) is 6.87. The molecule has 0 N–H and O–H groups in total. The minimum atomic E-state index is 0.232. The van der Waals surface area contributed by atoms with Gasteiger partial charge in [-0.05, 0) is 92.2 Å². The van der Waals surface area contributed by atoms with E-state index in [-0.39, 0.29) is 5.38 Å². The Hall–Kier alpha value is -0.490. The molecule has 1 aromatic carbocycles. The highest BCUT2D eigenvalue weighted by atomic mass is 35.5. The van der Waals surface area contributed by atoms with Gasteiger partial charge in [0.25, 0.3) is 0 Å². The van der Waals surface area contributed by atoms with Gasteiger partial charge in [-0.2, -0.15) is 0 Å². The summed E-state index contributed by atoms with van der Waals surface area (Å²) < 4.78 is 0. The third-order valence-corrected chi connectivity index (χ3v) is 7.16. The lowest BCUT2D eigenvalue weighted by molar-refractivity contribution is -0.0552. The highest BCUT2D eigenvalue weighted by Crippen LogP contribution is 2.65. The van der Waals surface area contributed by atoms with Gasteiger partial charge in [-0.25, -0.2) is 0 Å². The van der Waals surface area contributed by atoms with Crippen molar-refractivity contribution in [3.63, 3.8) is 0 Å². The molecule has 0 heterocycles. The van der Waals surface area contributed by atoms with E-state index in [9.17, 15) is 0 Å². The zero-order valence-corrected chi connectivity index (χ0v) is 13.4. The lowest BCUT2D eigenvalue weighted by atomic mass is 9.48. The van der Waals surface area contributed by atoms with Gasteiger partial charge in [0, 0.05) is 0 Å². The van der Waals surface area contributed by atoms with Crippen molar-refractivity contribution in [2.45, 2.75) is 57.7 Å². The second kappa shape index (κ2) is 4.50. The number of aryl methyl sites for hydroxylation is 2. The van der Waals surface area contributed by atoms with Crippen LogP contribution in [0.15, 0.2) is 18.2 Å². The molecule has 0 radical (unpaired) electrons. The summed E-state index contributed by atoms with van der Waals surface area (Å²) in [5, 5.41) is 0.232. The molecule has 20 heavy (non-hydrogen) atoms. The smallest absolute Gasteiger partial charge is 0.0641 e. The molecule has 0 saturated heterocycles. The van der Waals surface area contributed by atoms with Gasteiger partial charge in [0.1, 0.15) is 0 Å². The fraction of sp³-hybridized carbons (Fsp3) is 0.684. The van der Waals surface area contributed by atoms with E-state index in [1.54, 1.807) is 0 Å². The second-order valence-electron chi connectivity index (χ2n) is 7.99. The Balaban J connectivity index is 1.67. The lowest BCUT2D eigenvalue weighted by Gasteiger charge is -2.58. The molecule has 4 saturated carbocycles. The maximum absolute atomic E-state index is 7.05. The van der Waals surface area contributed by atoms with Crippen molar-refractivity contribution in [2.24, 2.45) is 23.2 Å². The Bertz CT molecular complexity index is 495. The average Bonchev–Trinajstić information content (AvgIpc) is 2.39. The van der Waals surface area contributed by atoms with Crippen LogP contribution < -0.4 is 0 Å². The second-order valence-corrected chi connectivity index (χ2v) is 8.42. The number of benzene rings is 1. The first-order valence-corrected chi connectivity index (χ1v) is 8.70. The molecule has 4 aliphatic carbocycles. The van der Waals surface area contributed by atoms with Crippen molar-refractivity contribution in [3.05, 3.63) is 34.9 Å². The van der Waals surface area contributed by atoms with E-state index in [0.717, 1.165) is 17.8 Å². The van der Waals surface area contributed by atoms with Gasteiger partial charge in [0.15, 0.2) is 0 Å². The standard InChI is InChI=1S/C19H25Cl/c1-12-3-4-17(5-13(12)2)18(20)19-9-14-6-15(10-19)8-16(7-14)11-19/h3-5,14-16,18H,6-11H2,1-2H3. The minimum absolute atomic E-state index is 0.232. The summed E-state index contributed by atoms with van der Waals surface area (Å²) in [6.45, 7) is 4.40. The van der Waals surface area contributed by atoms with Crippen molar-refractivity contribution in [1.82, 2.24) is 0 Å². The summed E-state index contributed by atoms with van der Waals surface area (Å²) in [5.74, 6) is 2.94. The minimum Gasteiger partial charge on any atom is -0.117 e. The fourth-order valence-corrected chi connectivity index (χ4v) is 6.17. The van der Waals surface area contributed by atoms with Gasteiger partial charge in [-0.3, -0.25) is 0 Å². The van der Waals surface area contributed by atoms with E-state index in [1.807, 2.05) is 0 Å². The summed E-state index contributed by atoms with van der Waals surface area (Å²) >= 11 is 7.05. The molecular formula is C19H25Cl. The van der Waals surface area contributed by atoms with Crippen LogP contribution in [0.25, 0.3) is 0 Å². The SMILES string of the molecule is Cc1ccc(C(Cl)C23CC4CC(CC(C4)C2)C3)cc1C. The molecule has 4 fully saturated rings. The van der Waals surface area contributed by atoms with Gasteiger partial charge in [-0.15, -0.1) is 11.6 Å². The van der Waals surface area contributed by atoms with Crippen LogP contribution in [0.5, 0.6) is 0 Å². The molecule has 0 spiro atoms. The molecule has 4 bridgehead atoms. The lowest BCUT2D eigenvalue weighted by Crippen LogP contribution is -2.47. The van der Waals surface area contributed by atoms with Crippen molar-refractivity contribution in [1.29, 1.82) is 0 Å². The van der Waals surface area contributed by atoms with Gasteiger partial charge >= 0.3 is 0 Å². The zero-order valence-electron chi connectivity index (χ0n) is 12.7. The van der Waals surface area contributed by atoms with Gasteiger partial charge in [0.05, 0.1) is 5.38 Å². The third-order valence-electron chi connectivity index (χ3n) is 6.45. The maximum Gasteiger partial charge on any atom is 0.0641 e. The zero-order chi connectivity index (χ0) is 13.9. The highest BCUT2D eigenvalue weighted by Gasteiger charge is 2.54. The monoisotopic (exact) mass is 288 g/mol. The largest absolute Gasteiger partial charge is 0.117 e. The average molecular weight is 289 g/mol. The van der Waals surface area contributed by atoms with Crippen LogP contribution in [0.1, 0.15) is 60.6 Å². The molecule has 0 aliphatic heterocycles. The van der Waals surface area contributed by atoms with Crippen molar-refractivity contribution in [3.8, 4) is 0 Å². The summed E-state index contributed by atoms with van der Waals surface area (Å²) in [6.07, 6.45) is 8.65. The predicted octanol–water partition coefficient (Wildman–Crippen LogP) is 5.80. The van der Waals surface area contributed by atoms with E-state index in [4.69, 9.17) is 11.6 Å². The van der Waals surface area contributed by atoms with Crippen LogP contribution in [-0.4, -0.2) is 0 Å². The number of hydrogen-bond acceptors (Lipinski definition) is 0. The number of hydrogen-bond donors (Lipinski definition) is 0. The third kappa shape index (κ3) is 1.95. The first kappa shape index (κ1) is 13.2. The number of halogens is 1. The van der Waals surface area contributed by atoms with Crippen LogP contribution in [-0.2, 0) is 0 Å². The van der Waals surface area contributed by atoms with Crippen LogP contribution in [0.2, 0.25) is 0 Å². The summed E-state index contributed by atoms with van der Waals surface area (Å²) in [7, 11) is 0. The normalized spacial score (nSPS) is 40.0. The van der Waals surface area contributed by atoms with Crippen molar-refractivity contribution >= 4 is 11.6 Å². The summed E-state index contributed by atoms with van der Waals surface area (Å²) in [5.41, 5.74) is 4.55. The van der Waals surface area contributed by atoms with E-state index < -0.39 is 0 Å². The molecule has 5 rings (SSSR count). The molecule has 0 amide bonds. The van der Waals surface area contributed by atoms with E-state index in [1.165, 1.54) is 55.2 Å². The van der Waals surface area contributed by atoms with Crippen LogP contribution >= 0.6 is 11.6 Å². The van der Waals surface area contributed by atoms with Crippen LogP contribution in [0.3, 0.4) is 0 Å². The van der Waals surface area contributed by atoms with Gasteiger partial charge in [-0.1, -0.05) is 18.2 Å². The Kier molecular flexibility index (Phi) is 2.97. The molecule has 0 aromatic heterocycles. The quantitative estimate of drug-likeness (QED) is 0.603. The summed E-state index contributed by atoms with van der Waals surface area (Å²) in [4.78, 5) is 0. The molecule has 0 nitrogen and oxygen atoms in total. The number of alkyl halides is 1. The molecule has 1 aromatic rings.